The van der Waals surface area contributed by atoms with Crippen molar-refractivity contribution in [2.45, 2.75) is 37.4 Å². The molecule has 240 valence electrons. The third-order valence-corrected chi connectivity index (χ3v) is 10.1. The van der Waals surface area contributed by atoms with Gasteiger partial charge < -0.3 is 20.1 Å². The van der Waals surface area contributed by atoms with Crippen LogP contribution in [-0.4, -0.2) is 47.0 Å². The van der Waals surface area contributed by atoms with Gasteiger partial charge in [0.2, 0.25) is 11.8 Å². The van der Waals surface area contributed by atoms with Crippen molar-refractivity contribution >= 4 is 52.4 Å². The molecule has 2 amide bonds. The quantitative estimate of drug-likeness (QED) is 0.217. The van der Waals surface area contributed by atoms with E-state index in [1.807, 2.05) is 36.1 Å². The maximum absolute atomic E-state index is 16.3. The highest BCUT2D eigenvalue weighted by Crippen LogP contribution is 2.62. The molecule has 3 aliphatic heterocycles. The number of hydrogen-bond acceptors (Lipinski definition) is 5. The van der Waals surface area contributed by atoms with Gasteiger partial charge in [-0.15, -0.1) is 0 Å². The number of piperidine rings is 1. The Bertz CT molecular complexity index is 1920. The largest absolute Gasteiger partial charge is 0.494 e. The van der Waals surface area contributed by atoms with E-state index in [2.05, 4.69) is 5.32 Å². The van der Waals surface area contributed by atoms with E-state index >= 15 is 4.39 Å². The van der Waals surface area contributed by atoms with E-state index in [4.69, 9.17) is 27.9 Å². The van der Waals surface area contributed by atoms with Gasteiger partial charge >= 0.3 is 5.97 Å². The number of carbonyl (C=O) groups is 3. The zero-order valence-corrected chi connectivity index (χ0v) is 26.8. The topological polar surface area (TPSA) is 99.2 Å². The molecule has 8 nitrogen and oxygen atoms in total. The highest BCUT2D eigenvalue weighted by molar-refractivity contribution is 6.31. The van der Waals surface area contributed by atoms with Crippen LogP contribution in [0.3, 0.4) is 0 Å². The highest BCUT2D eigenvalue weighted by atomic mass is 35.5. The van der Waals surface area contributed by atoms with E-state index in [1.165, 1.54) is 18.2 Å². The molecule has 47 heavy (non-hydrogen) atoms. The van der Waals surface area contributed by atoms with Gasteiger partial charge in [0.15, 0.2) is 0 Å². The molecule has 0 aliphatic carbocycles. The van der Waals surface area contributed by atoms with Crippen molar-refractivity contribution in [1.29, 1.82) is 0 Å². The summed E-state index contributed by atoms with van der Waals surface area (Å²) in [5.74, 6) is -3.65. The molecule has 0 saturated carbocycles. The minimum Gasteiger partial charge on any atom is -0.494 e. The summed E-state index contributed by atoms with van der Waals surface area (Å²) < 4.78 is 22.0. The second kappa shape index (κ2) is 12.0. The van der Waals surface area contributed by atoms with Crippen LogP contribution < -0.4 is 15.0 Å². The van der Waals surface area contributed by atoms with Crippen LogP contribution in [0.15, 0.2) is 84.9 Å². The first-order chi connectivity index (χ1) is 22.6. The third-order valence-electron chi connectivity index (χ3n) is 9.57. The fraction of sp³-hybridized carbons (Fsp3) is 0.250. The molecule has 2 saturated heterocycles. The number of carboxylic acids is 1. The highest BCUT2D eigenvalue weighted by Gasteiger charge is 2.69. The molecule has 4 aromatic rings. The van der Waals surface area contributed by atoms with Gasteiger partial charge in [-0.1, -0.05) is 53.5 Å². The number of nitrogens with one attached hydrogen (secondary N) is 1. The van der Waals surface area contributed by atoms with Gasteiger partial charge in [-0.3, -0.25) is 14.5 Å². The van der Waals surface area contributed by atoms with E-state index in [-0.39, 0.29) is 34.5 Å². The van der Waals surface area contributed by atoms with Crippen LogP contribution in [0.1, 0.15) is 46.3 Å². The second-order valence-electron chi connectivity index (χ2n) is 12.0. The first-order valence-corrected chi connectivity index (χ1v) is 16.1. The Labute approximate surface area is 280 Å². The first-order valence-electron chi connectivity index (χ1n) is 15.3. The summed E-state index contributed by atoms with van der Waals surface area (Å²) in [6.07, 6.45) is 0.457. The molecule has 3 aliphatic rings. The van der Waals surface area contributed by atoms with Crippen molar-refractivity contribution in [3.8, 4) is 5.75 Å². The number of carboxylic acid groups (broad SMARTS) is 1. The van der Waals surface area contributed by atoms with Crippen LogP contribution in [0.4, 0.5) is 15.8 Å². The molecule has 11 heteroatoms. The van der Waals surface area contributed by atoms with Gasteiger partial charge in [-0.2, -0.15) is 0 Å². The summed E-state index contributed by atoms with van der Waals surface area (Å²) in [4.78, 5) is 44.6. The van der Waals surface area contributed by atoms with Crippen LogP contribution in [0.5, 0.6) is 5.75 Å². The number of amides is 2. The molecule has 0 unspecified atom stereocenters. The summed E-state index contributed by atoms with van der Waals surface area (Å²) in [6, 6.07) is 23.0. The van der Waals surface area contributed by atoms with Gasteiger partial charge in [-0.25, -0.2) is 9.18 Å². The van der Waals surface area contributed by atoms with E-state index in [0.717, 1.165) is 5.56 Å². The number of rotatable bonds is 7. The average Bonchev–Trinajstić information content (AvgIpc) is 3.50. The molecule has 4 aromatic carbocycles. The summed E-state index contributed by atoms with van der Waals surface area (Å²) in [6.45, 7) is 2.94. The lowest BCUT2D eigenvalue weighted by atomic mass is 9.70. The van der Waals surface area contributed by atoms with Gasteiger partial charge in [-0.05, 0) is 79.1 Å². The molecule has 4 atom stereocenters. The number of hydrogen-bond donors (Lipinski definition) is 2. The molecule has 0 bridgehead atoms. The van der Waals surface area contributed by atoms with Crippen LogP contribution in [0.2, 0.25) is 10.0 Å². The number of nitrogens with zero attached hydrogens (tertiary/aromatic N) is 2. The summed E-state index contributed by atoms with van der Waals surface area (Å²) >= 11 is 12.8. The van der Waals surface area contributed by atoms with Crippen molar-refractivity contribution in [3.05, 3.63) is 123 Å². The minimum absolute atomic E-state index is 0.0909. The number of ether oxygens (including phenoxy) is 1. The lowest BCUT2D eigenvalue weighted by Gasteiger charge is -2.40. The fourth-order valence-corrected chi connectivity index (χ4v) is 8.11. The van der Waals surface area contributed by atoms with Crippen LogP contribution in [-0.2, 0) is 21.7 Å². The van der Waals surface area contributed by atoms with Gasteiger partial charge in [0.05, 0.1) is 23.1 Å². The number of benzene rings is 4. The molecule has 0 aromatic heterocycles. The number of aromatic carboxylic acids is 1. The molecule has 2 fully saturated rings. The molecular weight excluding hydrogens is 644 g/mol. The van der Waals surface area contributed by atoms with E-state index in [0.29, 0.717) is 47.3 Å². The van der Waals surface area contributed by atoms with Crippen LogP contribution in [0.25, 0.3) is 0 Å². The SMILES string of the molecule is CCOc1cccc(CN2[C@H]3CCN(c4ccc(C(=O)O)cc4)C(=O)[C@H]3[C@H](c3cccc(Cl)c3F)[C@]23C(=O)Nc2cc(Cl)ccc23)c1. The number of fused-ring (bicyclic) bond motifs is 3. The van der Waals surface area contributed by atoms with Crippen molar-refractivity contribution in [2.75, 3.05) is 23.4 Å². The standard InChI is InChI=1S/C36H30Cl2FN3O5/c1-2-47-24-6-3-5-20(17-24)19-42-29-15-16-41(23-12-9-21(10-13-23)34(44)45)33(43)30(29)31(25-7-4-8-27(38)32(25)39)36(42)26-14-11-22(37)18-28(26)40-35(36)46/h3-14,17-18,29-31H,2,15-16,19H2,1H3,(H,40,46)(H,44,45)/t29-,30+,31-,36+/m0/s1. The molecule has 1 spiro atoms. The van der Waals surface area contributed by atoms with Gasteiger partial charge in [0, 0.05) is 47.0 Å². The number of anilines is 2. The zero-order valence-electron chi connectivity index (χ0n) is 25.3. The summed E-state index contributed by atoms with van der Waals surface area (Å²) in [7, 11) is 0. The van der Waals surface area contributed by atoms with Crippen LogP contribution >= 0.6 is 23.2 Å². The number of likely N-dealkylation sites (tertiary alicyclic amines) is 1. The Hall–Kier alpha value is -4.44. The third kappa shape index (κ3) is 4.96. The van der Waals surface area contributed by atoms with Crippen molar-refractivity contribution in [2.24, 2.45) is 5.92 Å². The van der Waals surface area contributed by atoms with E-state index < -0.39 is 35.2 Å². The van der Waals surface area contributed by atoms with E-state index in [9.17, 15) is 19.5 Å². The van der Waals surface area contributed by atoms with Crippen molar-refractivity contribution < 1.29 is 28.6 Å². The Morgan fingerprint density at radius 2 is 1.81 bits per heavy atom. The van der Waals surface area contributed by atoms with Crippen LogP contribution in [0, 0.1) is 11.7 Å². The van der Waals surface area contributed by atoms with Gasteiger partial charge in [0.1, 0.15) is 17.1 Å². The monoisotopic (exact) mass is 673 g/mol. The Kier molecular flexibility index (Phi) is 7.94. The Balaban J connectivity index is 1.45. The maximum Gasteiger partial charge on any atom is 0.335 e. The Morgan fingerprint density at radius 3 is 2.55 bits per heavy atom. The van der Waals surface area contributed by atoms with Gasteiger partial charge in [0.25, 0.3) is 0 Å². The molecule has 0 radical (unpaired) electrons. The molecule has 2 N–H and O–H groups in total. The van der Waals surface area contributed by atoms with Crippen molar-refractivity contribution in [3.63, 3.8) is 0 Å². The smallest absolute Gasteiger partial charge is 0.335 e. The number of halogens is 3. The lowest BCUT2D eigenvalue weighted by molar-refractivity contribution is -0.128. The molecule has 3 heterocycles. The molecular formula is C36H30Cl2FN3O5. The lowest BCUT2D eigenvalue weighted by Crippen LogP contribution is -2.53. The second-order valence-corrected chi connectivity index (χ2v) is 12.8. The number of carbonyl (C=O) groups excluding carboxylic acids is 2. The summed E-state index contributed by atoms with van der Waals surface area (Å²) in [5.41, 5.74) is 1.20. The minimum atomic E-state index is -1.51. The predicted octanol–water partition coefficient (Wildman–Crippen LogP) is 7.10. The van der Waals surface area contributed by atoms with E-state index in [1.54, 1.807) is 47.4 Å². The summed E-state index contributed by atoms with van der Waals surface area (Å²) in [5, 5.41) is 12.7. The normalized spacial score (nSPS) is 23.5. The van der Waals surface area contributed by atoms with Crippen molar-refractivity contribution in [1.82, 2.24) is 4.90 Å². The first kappa shape index (κ1) is 31.2. The predicted molar refractivity (Wildman–Crippen MR) is 177 cm³/mol. The fourth-order valence-electron chi connectivity index (χ4n) is 7.75. The maximum atomic E-state index is 16.3. The molecule has 7 rings (SSSR count). The zero-order chi connectivity index (χ0) is 33.0. The average molecular weight is 675 g/mol. The Morgan fingerprint density at radius 1 is 1.04 bits per heavy atom.